The zero-order valence-electron chi connectivity index (χ0n) is 18.1. The van der Waals surface area contributed by atoms with Crippen molar-refractivity contribution >= 4 is 40.8 Å². The van der Waals surface area contributed by atoms with E-state index >= 15 is 0 Å². The number of fused-ring (bicyclic) bond motifs is 1. The highest BCUT2D eigenvalue weighted by molar-refractivity contribution is 14.0. The summed E-state index contributed by atoms with van der Waals surface area (Å²) >= 11 is 0. The quantitative estimate of drug-likeness (QED) is 0.221. The Labute approximate surface area is 190 Å². The number of aliphatic imine (C=N–C) groups is 1. The molecule has 29 heavy (non-hydrogen) atoms. The van der Waals surface area contributed by atoms with Crippen LogP contribution in [0.3, 0.4) is 0 Å². The zero-order valence-corrected chi connectivity index (χ0v) is 20.4. The second kappa shape index (κ2) is 10.7. The van der Waals surface area contributed by atoms with E-state index in [0.29, 0.717) is 0 Å². The number of aryl methyl sites for hydroxylation is 3. The van der Waals surface area contributed by atoms with Crippen molar-refractivity contribution in [2.75, 3.05) is 13.6 Å². The largest absolute Gasteiger partial charge is 0.356 e. The lowest BCUT2D eigenvalue weighted by molar-refractivity contribution is 0.612. The van der Waals surface area contributed by atoms with E-state index < -0.39 is 0 Å². The lowest BCUT2D eigenvalue weighted by atomic mass is 10.1. The van der Waals surface area contributed by atoms with Crippen LogP contribution >= 0.6 is 24.0 Å². The zero-order chi connectivity index (χ0) is 20.1. The first-order valence-electron chi connectivity index (χ1n) is 9.99. The number of guanidine groups is 1. The average molecular weight is 508 g/mol. The van der Waals surface area contributed by atoms with Gasteiger partial charge in [0.25, 0.3) is 0 Å². The van der Waals surface area contributed by atoms with Crippen molar-refractivity contribution in [3.8, 4) is 0 Å². The molecule has 2 N–H and O–H groups in total. The third kappa shape index (κ3) is 5.74. The Morgan fingerprint density at radius 1 is 1.21 bits per heavy atom. The molecular formula is C22H33IN6. The molecule has 0 fully saturated rings. The number of hydrogen-bond acceptors (Lipinski definition) is 2. The van der Waals surface area contributed by atoms with E-state index in [1.807, 2.05) is 18.8 Å². The first-order valence-corrected chi connectivity index (χ1v) is 9.99. The molecule has 1 aromatic carbocycles. The van der Waals surface area contributed by atoms with Gasteiger partial charge >= 0.3 is 0 Å². The highest BCUT2D eigenvalue weighted by atomic mass is 127. The van der Waals surface area contributed by atoms with Gasteiger partial charge in [0.2, 0.25) is 0 Å². The van der Waals surface area contributed by atoms with Crippen LogP contribution in [0, 0.1) is 13.8 Å². The van der Waals surface area contributed by atoms with Gasteiger partial charge in [-0.3, -0.25) is 9.67 Å². The van der Waals surface area contributed by atoms with Crippen LogP contribution in [0.5, 0.6) is 0 Å². The number of nitrogens with one attached hydrogen (secondary N) is 2. The molecular weight excluding hydrogens is 475 g/mol. The highest BCUT2D eigenvalue weighted by Crippen LogP contribution is 2.15. The van der Waals surface area contributed by atoms with Crippen LogP contribution in [0.1, 0.15) is 30.3 Å². The highest BCUT2D eigenvalue weighted by Gasteiger charge is 2.13. The monoisotopic (exact) mass is 508 g/mol. The number of hydrogen-bond donors (Lipinski definition) is 2. The summed E-state index contributed by atoms with van der Waals surface area (Å²) in [5.74, 6) is 0.851. The molecule has 1 atom stereocenters. The Balaban J connectivity index is 0.00000300. The smallest absolute Gasteiger partial charge is 0.191 e. The number of aromatic nitrogens is 3. The maximum atomic E-state index is 4.51. The van der Waals surface area contributed by atoms with Crippen LogP contribution in [-0.4, -0.2) is 39.9 Å². The van der Waals surface area contributed by atoms with Crippen molar-refractivity contribution in [3.63, 3.8) is 0 Å². The lowest BCUT2D eigenvalue weighted by Gasteiger charge is -2.18. The third-order valence-corrected chi connectivity index (χ3v) is 5.32. The Morgan fingerprint density at radius 3 is 2.66 bits per heavy atom. The minimum atomic E-state index is 0. The van der Waals surface area contributed by atoms with Crippen LogP contribution in [0.4, 0.5) is 0 Å². The van der Waals surface area contributed by atoms with Gasteiger partial charge in [0.15, 0.2) is 5.96 Å². The van der Waals surface area contributed by atoms with E-state index in [1.165, 1.54) is 22.2 Å². The van der Waals surface area contributed by atoms with Gasteiger partial charge in [-0.25, -0.2) is 0 Å². The molecule has 0 aliphatic carbocycles. The fourth-order valence-electron chi connectivity index (χ4n) is 3.69. The van der Waals surface area contributed by atoms with Crippen molar-refractivity contribution in [1.29, 1.82) is 0 Å². The molecule has 0 bridgehead atoms. The molecule has 0 spiro atoms. The van der Waals surface area contributed by atoms with Crippen molar-refractivity contribution in [2.45, 2.75) is 46.2 Å². The molecule has 0 amide bonds. The molecule has 3 aromatic rings. The van der Waals surface area contributed by atoms with Crippen LogP contribution < -0.4 is 10.6 Å². The topological polar surface area (TPSA) is 59.2 Å². The van der Waals surface area contributed by atoms with Crippen molar-refractivity contribution in [3.05, 3.63) is 53.5 Å². The van der Waals surface area contributed by atoms with Gasteiger partial charge in [0.05, 0.1) is 5.69 Å². The standard InChI is InChI=1S/C22H32N6.HI/c1-16(15-20-17(2)26-27(5)18(20)3)25-22(23-4)24-12-8-13-28-14-11-19-9-6-7-10-21(19)28;/h6-7,9-11,14,16H,8,12-13,15H2,1-5H3,(H2,23,24,25);1H. The van der Waals surface area contributed by atoms with Gasteiger partial charge in [-0.2, -0.15) is 5.10 Å². The van der Waals surface area contributed by atoms with Gasteiger partial charge in [0.1, 0.15) is 0 Å². The molecule has 0 radical (unpaired) electrons. The molecule has 2 heterocycles. The van der Waals surface area contributed by atoms with Gasteiger partial charge in [-0.05, 0) is 56.7 Å². The molecule has 0 saturated carbocycles. The molecule has 2 aromatic heterocycles. The van der Waals surface area contributed by atoms with Crippen LogP contribution in [0.15, 0.2) is 41.5 Å². The van der Waals surface area contributed by atoms with E-state index in [4.69, 9.17) is 0 Å². The molecule has 158 valence electrons. The molecule has 1 unspecified atom stereocenters. The maximum absolute atomic E-state index is 4.51. The van der Waals surface area contributed by atoms with E-state index in [-0.39, 0.29) is 30.0 Å². The van der Waals surface area contributed by atoms with Crippen LogP contribution in [-0.2, 0) is 20.0 Å². The van der Waals surface area contributed by atoms with Gasteiger partial charge in [-0.1, -0.05) is 18.2 Å². The molecule has 6 nitrogen and oxygen atoms in total. The summed E-state index contributed by atoms with van der Waals surface area (Å²) in [6.45, 7) is 8.25. The van der Waals surface area contributed by atoms with Gasteiger partial charge in [0, 0.05) is 50.6 Å². The summed E-state index contributed by atoms with van der Waals surface area (Å²) in [6.07, 6.45) is 4.13. The van der Waals surface area contributed by atoms with E-state index in [9.17, 15) is 0 Å². The predicted molar refractivity (Wildman–Crippen MR) is 132 cm³/mol. The summed E-state index contributed by atoms with van der Waals surface area (Å²) in [5.41, 5.74) is 4.95. The summed E-state index contributed by atoms with van der Waals surface area (Å²) < 4.78 is 4.26. The molecule has 0 saturated heterocycles. The third-order valence-electron chi connectivity index (χ3n) is 5.32. The second-order valence-corrected chi connectivity index (χ2v) is 7.44. The van der Waals surface area contributed by atoms with Crippen molar-refractivity contribution in [2.24, 2.45) is 12.0 Å². The van der Waals surface area contributed by atoms with Crippen molar-refractivity contribution < 1.29 is 0 Å². The van der Waals surface area contributed by atoms with E-state index in [1.54, 1.807) is 0 Å². The fraction of sp³-hybridized carbons (Fsp3) is 0.455. The maximum Gasteiger partial charge on any atom is 0.191 e. The first-order chi connectivity index (χ1) is 13.5. The number of rotatable bonds is 7. The molecule has 0 aliphatic heterocycles. The Hall–Kier alpha value is -2.03. The Kier molecular flexibility index (Phi) is 8.55. The van der Waals surface area contributed by atoms with Gasteiger partial charge in [-0.15, -0.1) is 24.0 Å². The fourth-order valence-corrected chi connectivity index (χ4v) is 3.69. The predicted octanol–water partition coefficient (Wildman–Crippen LogP) is 3.80. The minimum Gasteiger partial charge on any atom is -0.356 e. The normalized spacial score (nSPS) is 12.7. The van der Waals surface area contributed by atoms with Crippen molar-refractivity contribution in [1.82, 2.24) is 25.0 Å². The molecule has 7 heteroatoms. The second-order valence-electron chi connectivity index (χ2n) is 7.44. The summed E-state index contributed by atoms with van der Waals surface area (Å²) in [7, 11) is 3.82. The van der Waals surface area contributed by atoms with Gasteiger partial charge < -0.3 is 15.2 Å². The Morgan fingerprint density at radius 2 is 1.97 bits per heavy atom. The SMILES string of the molecule is CN=C(NCCCn1ccc2ccccc21)NC(C)Cc1c(C)nn(C)c1C.I. The molecule has 0 aliphatic rings. The lowest BCUT2D eigenvalue weighted by Crippen LogP contribution is -2.43. The summed E-state index contributed by atoms with van der Waals surface area (Å²) in [5, 5.41) is 12.7. The molecule has 3 rings (SSSR count). The van der Waals surface area contributed by atoms with Crippen LogP contribution in [0.25, 0.3) is 10.9 Å². The average Bonchev–Trinajstić information content (AvgIpc) is 3.20. The summed E-state index contributed by atoms with van der Waals surface area (Å²) in [4.78, 5) is 4.37. The number of nitrogens with zero attached hydrogens (tertiary/aromatic N) is 4. The number of para-hydroxylation sites is 1. The minimum absolute atomic E-state index is 0. The van der Waals surface area contributed by atoms with E-state index in [2.05, 4.69) is 82.6 Å². The van der Waals surface area contributed by atoms with E-state index in [0.717, 1.165) is 37.6 Å². The first kappa shape index (κ1) is 23.3. The number of halogens is 1. The summed E-state index contributed by atoms with van der Waals surface area (Å²) in [6, 6.07) is 11.0. The van der Waals surface area contributed by atoms with Crippen LogP contribution in [0.2, 0.25) is 0 Å². The Bertz CT molecular complexity index is 956. The number of benzene rings is 1.